The number of benzene rings is 1. The Morgan fingerprint density at radius 3 is 2.58 bits per heavy atom. The van der Waals surface area contributed by atoms with Crippen LogP contribution in [0.5, 0.6) is 5.75 Å². The van der Waals surface area contributed by atoms with Crippen LogP contribution in [-0.2, 0) is 4.57 Å². The van der Waals surface area contributed by atoms with Crippen molar-refractivity contribution >= 4 is 19.0 Å². The van der Waals surface area contributed by atoms with Crippen molar-refractivity contribution in [3.05, 3.63) is 29.3 Å². The zero-order valence-electron chi connectivity index (χ0n) is 6.95. The van der Waals surface area contributed by atoms with Gasteiger partial charge in [-0.25, -0.2) is 0 Å². The quantitative estimate of drug-likeness (QED) is 0.692. The smallest absolute Gasteiger partial charge is 0.242 e. The van der Waals surface area contributed by atoms with Crippen LogP contribution in [0.3, 0.4) is 0 Å². The number of hydrogen-bond donors (Lipinski definition) is 0. The van der Waals surface area contributed by atoms with Gasteiger partial charge in [0.25, 0.3) is 0 Å². The van der Waals surface area contributed by atoms with Crippen molar-refractivity contribution in [2.45, 2.75) is 0 Å². The van der Waals surface area contributed by atoms with Gasteiger partial charge in [-0.3, -0.25) is 4.57 Å². The van der Waals surface area contributed by atoms with Crippen LogP contribution in [0.25, 0.3) is 0 Å². The fourth-order valence-corrected chi connectivity index (χ4v) is 1.58. The second kappa shape index (κ2) is 3.51. The molecular formula is C8H10ClO2P. The Bertz CT molecular complexity index is 319. The average molecular weight is 205 g/mol. The molecule has 4 heteroatoms. The van der Waals surface area contributed by atoms with Gasteiger partial charge in [0.15, 0.2) is 0 Å². The van der Waals surface area contributed by atoms with Gasteiger partial charge < -0.3 is 4.52 Å². The molecular weight excluding hydrogens is 195 g/mol. The molecule has 0 saturated carbocycles. The second-order valence-electron chi connectivity index (χ2n) is 2.80. The molecule has 2 nitrogen and oxygen atoms in total. The Balaban J connectivity index is 2.84. The Kier molecular flexibility index (Phi) is 2.81. The Hall–Kier alpha value is -0.460. The first-order chi connectivity index (χ1) is 5.47. The standard InChI is InChI=1S/C8H10ClO2P/c1-12(2,10)11-8-5-3-4-7(9)6-8/h3-6H,1-2H3. The van der Waals surface area contributed by atoms with Gasteiger partial charge in [0, 0.05) is 18.4 Å². The molecule has 0 atom stereocenters. The first-order valence-electron chi connectivity index (χ1n) is 3.47. The molecule has 1 rings (SSSR count). The molecule has 1 aromatic rings. The lowest BCUT2D eigenvalue weighted by molar-refractivity contribution is 0.494. The highest BCUT2D eigenvalue weighted by molar-refractivity contribution is 7.57. The molecule has 0 unspecified atom stereocenters. The maximum absolute atomic E-state index is 11.2. The molecule has 0 aliphatic heterocycles. The van der Waals surface area contributed by atoms with Crippen molar-refractivity contribution in [3.8, 4) is 5.75 Å². The summed E-state index contributed by atoms with van der Waals surface area (Å²) in [7, 11) is -2.47. The molecule has 0 bridgehead atoms. The van der Waals surface area contributed by atoms with Crippen LogP contribution in [0, 0.1) is 0 Å². The molecule has 0 aliphatic rings. The van der Waals surface area contributed by atoms with E-state index in [9.17, 15) is 4.57 Å². The monoisotopic (exact) mass is 204 g/mol. The summed E-state index contributed by atoms with van der Waals surface area (Å²) in [5, 5.41) is 0.584. The summed E-state index contributed by atoms with van der Waals surface area (Å²) < 4.78 is 16.4. The summed E-state index contributed by atoms with van der Waals surface area (Å²) in [4.78, 5) is 0. The minimum Gasteiger partial charge on any atom is -0.443 e. The zero-order chi connectivity index (χ0) is 9.19. The summed E-state index contributed by atoms with van der Waals surface area (Å²) in [6.45, 7) is 3.13. The molecule has 0 spiro atoms. The molecule has 0 saturated heterocycles. The predicted molar refractivity (Wildman–Crippen MR) is 51.5 cm³/mol. The maximum Gasteiger partial charge on any atom is 0.242 e. The number of rotatable bonds is 2. The van der Waals surface area contributed by atoms with Crippen molar-refractivity contribution < 1.29 is 9.09 Å². The van der Waals surface area contributed by atoms with E-state index in [2.05, 4.69) is 0 Å². The number of hydrogen-bond acceptors (Lipinski definition) is 2. The normalized spacial score (nSPS) is 11.2. The van der Waals surface area contributed by atoms with Gasteiger partial charge in [-0.1, -0.05) is 17.7 Å². The lowest BCUT2D eigenvalue weighted by Crippen LogP contribution is -1.87. The highest BCUT2D eigenvalue weighted by Crippen LogP contribution is 2.39. The van der Waals surface area contributed by atoms with Crippen LogP contribution in [0.1, 0.15) is 0 Å². The second-order valence-corrected chi connectivity index (χ2v) is 5.92. The summed E-state index contributed by atoms with van der Waals surface area (Å²) in [5.41, 5.74) is 0. The van der Waals surface area contributed by atoms with Crippen molar-refractivity contribution in [1.82, 2.24) is 0 Å². The predicted octanol–water partition coefficient (Wildman–Crippen LogP) is 3.26. The Morgan fingerprint density at radius 1 is 1.42 bits per heavy atom. The van der Waals surface area contributed by atoms with Crippen LogP contribution >= 0.6 is 19.0 Å². The van der Waals surface area contributed by atoms with Crippen LogP contribution in [0.4, 0.5) is 0 Å². The molecule has 66 valence electrons. The van der Waals surface area contributed by atoms with Crippen molar-refractivity contribution in [2.24, 2.45) is 0 Å². The molecule has 0 aromatic heterocycles. The largest absolute Gasteiger partial charge is 0.443 e. The van der Waals surface area contributed by atoms with Gasteiger partial charge in [-0.05, 0) is 18.2 Å². The van der Waals surface area contributed by atoms with Gasteiger partial charge in [-0.2, -0.15) is 0 Å². The summed E-state index contributed by atoms with van der Waals surface area (Å²) >= 11 is 5.70. The molecule has 1 aromatic carbocycles. The molecule has 0 radical (unpaired) electrons. The van der Waals surface area contributed by atoms with E-state index < -0.39 is 7.37 Å². The molecule has 0 aliphatic carbocycles. The molecule has 0 heterocycles. The van der Waals surface area contributed by atoms with Crippen LogP contribution in [0.15, 0.2) is 24.3 Å². The van der Waals surface area contributed by atoms with E-state index in [0.29, 0.717) is 10.8 Å². The van der Waals surface area contributed by atoms with E-state index in [0.717, 1.165) is 0 Å². The zero-order valence-corrected chi connectivity index (χ0v) is 8.60. The third-order valence-electron chi connectivity index (χ3n) is 1.12. The van der Waals surface area contributed by atoms with Gasteiger partial charge in [-0.15, -0.1) is 0 Å². The first kappa shape index (κ1) is 9.63. The lowest BCUT2D eigenvalue weighted by Gasteiger charge is -2.09. The summed E-state index contributed by atoms with van der Waals surface area (Å²) in [6, 6.07) is 6.87. The fourth-order valence-electron chi connectivity index (χ4n) is 0.778. The maximum atomic E-state index is 11.2. The van der Waals surface area contributed by atoms with Crippen molar-refractivity contribution in [3.63, 3.8) is 0 Å². The molecule has 12 heavy (non-hydrogen) atoms. The van der Waals surface area contributed by atoms with E-state index in [4.69, 9.17) is 16.1 Å². The highest BCUT2D eigenvalue weighted by atomic mass is 35.5. The highest BCUT2D eigenvalue weighted by Gasteiger charge is 2.08. The van der Waals surface area contributed by atoms with Gasteiger partial charge in [0.1, 0.15) is 5.75 Å². The van der Waals surface area contributed by atoms with Gasteiger partial charge >= 0.3 is 0 Å². The van der Waals surface area contributed by atoms with Crippen LogP contribution in [0.2, 0.25) is 5.02 Å². The SMILES string of the molecule is CP(C)(=O)Oc1cccc(Cl)c1. The molecule has 0 amide bonds. The van der Waals surface area contributed by atoms with Crippen molar-refractivity contribution in [1.29, 1.82) is 0 Å². The third kappa shape index (κ3) is 3.29. The summed E-state index contributed by atoms with van der Waals surface area (Å²) in [5.74, 6) is 0.552. The first-order valence-corrected chi connectivity index (χ1v) is 6.37. The van der Waals surface area contributed by atoms with Crippen LogP contribution < -0.4 is 4.52 Å². The Morgan fingerprint density at radius 2 is 2.08 bits per heavy atom. The Labute approximate surface area is 77.0 Å². The lowest BCUT2D eigenvalue weighted by atomic mass is 10.3. The molecule has 0 N–H and O–H groups in total. The topological polar surface area (TPSA) is 26.3 Å². The fraction of sp³-hybridized carbons (Fsp3) is 0.250. The van der Waals surface area contributed by atoms with E-state index in [1.54, 1.807) is 37.6 Å². The van der Waals surface area contributed by atoms with E-state index >= 15 is 0 Å². The van der Waals surface area contributed by atoms with Crippen molar-refractivity contribution in [2.75, 3.05) is 13.3 Å². The minimum absolute atomic E-state index is 0.552. The number of halogens is 1. The summed E-state index contributed by atoms with van der Waals surface area (Å²) in [6.07, 6.45) is 0. The van der Waals surface area contributed by atoms with E-state index in [1.165, 1.54) is 0 Å². The molecule has 0 fully saturated rings. The van der Waals surface area contributed by atoms with E-state index in [1.807, 2.05) is 0 Å². The van der Waals surface area contributed by atoms with Crippen LogP contribution in [-0.4, -0.2) is 13.3 Å². The van der Waals surface area contributed by atoms with Gasteiger partial charge in [0.2, 0.25) is 7.37 Å². The van der Waals surface area contributed by atoms with Gasteiger partial charge in [0.05, 0.1) is 0 Å². The average Bonchev–Trinajstić information content (AvgIpc) is 1.82. The van der Waals surface area contributed by atoms with E-state index in [-0.39, 0.29) is 0 Å². The third-order valence-corrected chi connectivity index (χ3v) is 2.01. The minimum atomic E-state index is -2.47.